The Hall–Kier alpha value is -3.87. The third-order valence-electron chi connectivity index (χ3n) is 7.39. The minimum Gasteiger partial charge on any atom is -0.365 e. The molecule has 4 N–H and O–H groups in total. The first kappa shape index (κ1) is 19.8. The van der Waals surface area contributed by atoms with E-state index in [2.05, 4.69) is 27.3 Å². The zero-order valence-corrected chi connectivity index (χ0v) is 18.2. The van der Waals surface area contributed by atoms with Crippen molar-refractivity contribution in [1.29, 1.82) is 0 Å². The van der Waals surface area contributed by atoms with Gasteiger partial charge in [-0.2, -0.15) is 0 Å². The van der Waals surface area contributed by atoms with Crippen LogP contribution in [0.15, 0.2) is 60.8 Å². The third kappa shape index (κ3) is 2.92. The number of nitrogens with two attached hydrogens (primary N) is 1. The number of hydrogen-bond donors (Lipinski definition) is 3. The predicted molar refractivity (Wildman–Crippen MR) is 128 cm³/mol. The largest absolute Gasteiger partial charge is 0.365 e. The number of rotatable bonds is 3. The van der Waals surface area contributed by atoms with E-state index in [0.29, 0.717) is 24.2 Å². The Morgan fingerprint density at radius 1 is 1.12 bits per heavy atom. The monoisotopic (exact) mass is 439 g/mol. The van der Waals surface area contributed by atoms with E-state index in [0.717, 1.165) is 41.5 Å². The van der Waals surface area contributed by atoms with E-state index >= 15 is 0 Å². The molecule has 2 aromatic heterocycles. The van der Waals surface area contributed by atoms with Crippen LogP contribution < -0.4 is 16.0 Å². The minimum absolute atomic E-state index is 0.109. The Labute approximate surface area is 191 Å². The highest BCUT2D eigenvalue weighted by atomic mass is 16.2. The first-order valence-corrected chi connectivity index (χ1v) is 11.4. The van der Waals surface area contributed by atoms with Crippen molar-refractivity contribution < 1.29 is 9.59 Å². The summed E-state index contributed by atoms with van der Waals surface area (Å²) >= 11 is 0. The molecule has 2 aromatic carbocycles. The molecule has 4 heterocycles. The van der Waals surface area contributed by atoms with Crippen molar-refractivity contribution >= 4 is 39.4 Å². The van der Waals surface area contributed by atoms with Gasteiger partial charge < -0.3 is 20.9 Å². The Kier molecular flexibility index (Phi) is 4.40. The second-order valence-electron chi connectivity index (χ2n) is 9.13. The van der Waals surface area contributed by atoms with Crippen LogP contribution in [0.2, 0.25) is 0 Å². The third-order valence-corrected chi connectivity index (χ3v) is 7.39. The molecule has 33 heavy (non-hydrogen) atoms. The number of carbonyl (C=O) groups is 2. The van der Waals surface area contributed by atoms with Gasteiger partial charge in [0.25, 0.3) is 5.91 Å². The zero-order chi connectivity index (χ0) is 22.6. The van der Waals surface area contributed by atoms with Gasteiger partial charge in [0.05, 0.1) is 21.9 Å². The van der Waals surface area contributed by atoms with E-state index in [9.17, 15) is 9.59 Å². The normalized spacial score (nSPS) is 22.8. The average molecular weight is 440 g/mol. The fraction of sp³-hybridized carbons (Fsp3) is 0.269. The summed E-state index contributed by atoms with van der Waals surface area (Å²) in [6, 6.07) is 18.2. The lowest BCUT2D eigenvalue weighted by molar-refractivity contribution is -0.128. The number of H-pyrrole nitrogens is 1. The Morgan fingerprint density at radius 3 is 2.73 bits per heavy atom. The first-order chi connectivity index (χ1) is 16.1. The smallest absolute Gasteiger partial charge is 0.252 e. The highest BCUT2D eigenvalue weighted by Gasteiger charge is 2.53. The lowest BCUT2D eigenvalue weighted by atomic mass is 9.69. The molecule has 0 aliphatic carbocycles. The summed E-state index contributed by atoms with van der Waals surface area (Å²) in [6.45, 7) is 2.03. The number of aromatic nitrogens is 2. The minimum atomic E-state index is -0.514. The van der Waals surface area contributed by atoms with Gasteiger partial charge in [-0.05, 0) is 24.5 Å². The van der Waals surface area contributed by atoms with Crippen LogP contribution in [-0.2, 0) is 4.79 Å². The van der Waals surface area contributed by atoms with Crippen LogP contribution in [-0.4, -0.2) is 41.4 Å². The van der Waals surface area contributed by atoms with Crippen LogP contribution in [0.25, 0.3) is 21.8 Å². The Bertz CT molecular complexity index is 1400. The number of amides is 2. The summed E-state index contributed by atoms with van der Waals surface area (Å²) < 4.78 is 0. The van der Waals surface area contributed by atoms with Crippen LogP contribution in [0.1, 0.15) is 34.7 Å². The molecule has 1 spiro atoms. The summed E-state index contributed by atoms with van der Waals surface area (Å²) in [7, 11) is 0. The van der Waals surface area contributed by atoms with Crippen LogP contribution >= 0.6 is 0 Å². The van der Waals surface area contributed by atoms with E-state index in [1.807, 2.05) is 42.5 Å². The number of nitrogens with zero attached hydrogens (tertiary/aromatic N) is 2. The SMILES string of the molecule is NC(=O)c1cnc(N2CCC[C@@]3(C2)C(=O)NC[C@@H]3c2ccccc2)c2c1[nH]c1ccccc12. The number of benzene rings is 2. The molecule has 2 amide bonds. The van der Waals surface area contributed by atoms with Crippen LogP contribution in [0.4, 0.5) is 5.82 Å². The van der Waals surface area contributed by atoms with Crippen molar-refractivity contribution in [2.75, 3.05) is 24.5 Å². The molecule has 0 bridgehead atoms. The fourth-order valence-electron chi connectivity index (χ4n) is 5.84. The second-order valence-corrected chi connectivity index (χ2v) is 9.13. The van der Waals surface area contributed by atoms with E-state index < -0.39 is 11.3 Å². The van der Waals surface area contributed by atoms with Crippen molar-refractivity contribution in [2.24, 2.45) is 11.1 Å². The summed E-state index contributed by atoms with van der Waals surface area (Å²) in [6.07, 6.45) is 3.28. The summed E-state index contributed by atoms with van der Waals surface area (Å²) in [5.74, 6) is 0.500. The van der Waals surface area contributed by atoms with Gasteiger partial charge in [-0.15, -0.1) is 0 Å². The Morgan fingerprint density at radius 2 is 1.91 bits per heavy atom. The molecule has 7 heteroatoms. The Balaban J connectivity index is 1.49. The molecule has 7 nitrogen and oxygen atoms in total. The van der Waals surface area contributed by atoms with Gasteiger partial charge in [-0.25, -0.2) is 4.98 Å². The maximum absolute atomic E-state index is 13.3. The van der Waals surface area contributed by atoms with Crippen LogP contribution in [0.5, 0.6) is 0 Å². The van der Waals surface area contributed by atoms with E-state index in [1.54, 1.807) is 6.20 Å². The molecule has 166 valence electrons. The maximum Gasteiger partial charge on any atom is 0.252 e. The average Bonchev–Trinajstić information content (AvgIpc) is 3.37. The zero-order valence-electron chi connectivity index (χ0n) is 18.2. The summed E-state index contributed by atoms with van der Waals surface area (Å²) in [4.78, 5) is 35.7. The van der Waals surface area contributed by atoms with E-state index in [1.165, 1.54) is 5.56 Å². The summed E-state index contributed by atoms with van der Waals surface area (Å²) in [5, 5.41) is 5.01. The number of pyridine rings is 1. The van der Waals surface area contributed by atoms with Crippen molar-refractivity contribution in [1.82, 2.24) is 15.3 Å². The predicted octanol–water partition coefficient (Wildman–Crippen LogP) is 3.32. The molecule has 2 fully saturated rings. The molecular formula is C26H25N5O2. The highest BCUT2D eigenvalue weighted by Crippen LogP contribution is 2.48. The second kappa shape index (κ2) is 7.33. The number of anilines is 1. The van der Waals surface area contributed by atoms with Gasteiger partial charge in [0.2, 0.25) is 5.91 Å². The number of primary amides is 1. The van der Waals surface area contributed by atoms with Crippen molar-refractivity contribution in [2.45, 2.75) is 18.8 Å². The number of nitrogens with one attached hydrogen (secondary N) is 2. The van der Waals surface area contributed by atoms with Gasteiger partial charge in [0, 0.05) is 42.7 Å². The van der Waals surface area contributed by atoms with Gasteiger partial charge in [0.15, 0.2) is 0 Å². The van der Waals surface area contributed by atoms with Gasteiger partial charge in [-0.3, -0.25) is 9.59 Å². The molecule has 4 aromatic rings. The van der Waals surface area contributed by atoms with Crippen molar-refractivity contribution in [3.63, 3.8) is 0 Å². The molecule has 2 aliphatic heterocycles. The maximum atomic E-state index is 13.3. The molecule has 6 rings (SSSR count). The number of hydrogen-bond acceptors (Lipinski definition) is 4. The number of fused-ring (bicyclic) bond motifs is 3. The van der Waals surface area contributed by atoms with Crippen molar-refractivity contribution in [3.05, 3.63) is 71.9 Å². The standard InChI is InChI=1S/C26H25N5O2/c27-23(32)18-13-28-24(21-17-9-4-5-10-20(17)30-22(18)21)31-12-6-11-26(15-31)19(14-29-25(26)33)16-7-2-1-3-8-16/h1-5,7-10,13,19,30H,6,11-12,14-15H2,(H2,27,32)(H,29,33)/t19-,26+/m1/s1. The van der Waals surface area contributed by atoms with Gasteiger partial charge in [-0.1, -0.05) is 48.5 Å². The molecule has 2 saturated heterocycles. The molecular weight excluding hydrogens is 414 g/mol. The number of aromatic amines is 1. The fourth-order valence-corrected chi connectivity index (χ4v) is 5.84. The van der Waals surface area contributed by atoms with Gasteiger partial charge >= 0.3 is 0 Å². The topological polar surface area (TPSA) is 104 Å². The molecule has 2 atom stereocenters. The molecule has 0 saturated carbocycles. The molecule has 2 aliphatic rings. The quantitative estimate of drug-likeness (QED) is 0.455. The highest BCUT2D eigenvalue weighted by molar-refractivity contribution is 6.18. The van der Waals surface area contributed by atoms with E-state index in [4.69, 9.17) is 10.7 Å². The van der Waals surface area contributed by atoms with Crippen LogP contribution in [0, 0.1) is 5.41 Å². The number of carbonyl (C=O) groups excluding carboxylic acids is 2. The number of piperidine rings is 1. The van der Waals surface area contributed by atoms with Crippen LogP contribution in [0.3, 0.4) is 0 Å². The van der Waals surface area contributed by atoms with Gasteiger partial charge in [0.1, 0.15) is 5.82 Å². The molecule has 0 radical (unpaired) electrons. The lowest BCUT2D eigenvalue weighted by Gasteiger charge is -2.42. The molecule has 0 unspecified atom stereocenters. The lowest BCUT2D eigenvalue weighted by Crippen LogP contribution is -2.50. The number of para-hydroxylation sites is 1. The van der Waals surface area contributed by atoms with Crippen molar-refractivity contribution in [3.8, 4) is 0 Å². The summed E-state index contributed by atoms with van der Waals surface area (Å²) in [5.41, 5.74) is 8.33. The first-order valence-electron chi connectivity index (χ1n) is 11.4. The van der Waals surface area contributed by atoms with E-state index in [-0.39, 0.29) is 11.8 Å².